The zero-order valence-corrected chi connectivity index (χ0v) is 44.1. The summed E-state index contributed by atoms with van der Waals surface area (Å²) in [5.74, 6) is 2.17. The van der Waals surface area contributed by atoms with Crippen molar-refractivity contribution in [3.8, 4) is 56.4 Å². The molecule has 9 heteroatoms. The second kappa shape index (κ2) is 18.0. The molecule has 6 aromatic carbocycles. The molecule has 0 saturated heterocycles. The molecule has 4 heterocycles. The third-order valence-corrected chi connectivity index (χ3v) is 14.1. The van der Waals surface area contributed by atoms with Gasteiger partial charge in [0.05, 0.1) is 0 Å². The summed E-state index contributed by atoms with van der Waals surface area (Å²) in [6, 6.07) is 42.5. The number of hydrogen-bond donors (Lipinski definition) is 0. The van der Waals surface area contributed by atoms with Gasteiger partial charge in [-0.25, -0.2) is 0 Å². The van der Waals surface area contributed by atoms with Crippen LogP contribution in [0.15, 0.2) is 152 Å². The van der Waals surface area contributed by atoms with E-state index in [4.69, 9.17) is 18.9 Å². The molecule has 7 nitrogen and oxygen atoms in total. The van der Waals surface area contributed by atoms with E-state index in [-0.39, 0.29) is 40.9 Å². The van der Waals surface area contributed by atoms with Crippen LogP contribution in [0.5, 0.6) is 11.5 Å². The topological polar surface area (TPSA) is 53.0 Å². The summed E-state index contributed by atoms with van der Waals surface area (Å²) in [6.45, 7) is 24.2. The molecule has 1 aliphatic rings. The molecule has 0 spiro atoms. The Hall–Kier alpha value is -6.50. The maximum atomic E-state index is 9.29. The average molecular weight is 1110 g/mol. The summed E-state index contributed by atoms with van der Waals surface area (Å²) in [6.07, 6.45) is 4.57. The third-order valence-electron chi connectivity index (χ3n) is 13.1. The van der Waals surface area contributed by atoms with Crippen LogP contribution < -0.4 is 9.55 Å². The second-order valence-corrected chi connectivity index (χ2v) is 22.8. The molecule has 10 rings (SSSR count). The van der Waals surface area contributed by atoms with Crippen molar-refractivity contribution in [2.75, 3.05) is 4.81 Å². The van der Waals surface area contributed by atoms with E-state index in [0.717, 1.165) is 66.2 Å². The predicted molar refractivity (Wildman–Crippen MR) is 285 cm³/mol. The number of hydrogen-bond acceptors (Lipinski definition) is 4. The number of ether oxygens (including phenoxy) is 1. The normalized spacial score (nSPS) is 14.0. The van der Waals surface area contributed by atoms with Crippen LogP contribution in [0.1, 0.15) is 99.7 Å². The number of anilines is 2. The quantitative estimate of drug-likeness (QED) is 0.107. The van der Waals surface area contributed by atoms with Gasteiger partial charge in [0.2, 0.25) is 0 Å². The number of benzene rings is 6. The molecule has 0 bridgehead atoms. The molecule has 70 heavy (non-hydrogen) atoms. The molecule has 0 unspecified atom stereocenters. The molecular weight excluding hydrogens is 1040 g/mol. The van der Waals surface area contributed by atoms with E-state index in [1.54, 1.807) is 0 Å². The van der Waals surface area contributed by atoms with Crippen molar-refractivity contribution in [1.82, 2.24) is 23.8 Å². The van der Waals surface area contributed by atoms with Crippen LogP contribution in [-0.2, 0) is 35.6 Å². The molecule has 9 aromatic rings. The van der Waals surface area contributed by atoms with E-state index in [9.17, 15) is 2.74 Å². The third kappa shape index (κ3) is 8.85. The fourth-order valence-electron chi connectivity index (χ4n) is 9.41. The van der Waals surface area contributed by atoms with Crippen LogP contribution in [0.25, 0.3) is 55.9 Å². The maximum absolute atomic E-state index is 9.29. The monoisotopic (exact) mass is 1100 g/mol. The summed E-state index contributed by atoms with van der Waals surface area (Å²) < 4.78 is 58.6. The fourth-order valence-corrected chi connectivity index (χ4v) is 10.5. The van der Waals surface area contributed by atoms with E-state index in [1.165, 1.54) is 5.56 Å². The molecule has 0 aliphatic carbocycles. The molecule has 356 valence electrons. The summed E-state index contributed by atoms with van der Waals surface area (Å²) in [7, 11) is 0. The first kappa shape index (κ1) is 41.3. The molecule has 0 radical (unpaired) electrons. The van der Waals surface area contributed by atoms with E-state index >= 15 is 0 Å². The van der Waals surface area contributed by atoms with E-state index in [1.807, 2.05) is 60.9 Å². The van der Waals surface area contributed by atoms with Gasteiger partial charge in [0.25, 0.3) is 0 Å². The van der Waals surface area contributed by atoms with Gasteiger partial charge < -0.3 is 0 Å². The van der Waals surface area contributed by atoms with Gasteiger partial charge in [-0.3, -0.25) is 0 Å². The van der Waals surface area contributed by atoms with Gasteiger partial charge >= 0.3 is 359 Å². The Morgan fingerprint density at radius 3 is 1.96 bits per heavy atom. The van der Waals surface area contributed by atoms with Gasteiger partial charge in [-0.05, 0) is 23.0 Å². The van der Waals surface area contributed by atoms with E-state index < -0.39 is 18.1 Å². The van der Waals surface area contributed by atoms with Crippen molar-refractivity contribution in [3.05, 3.63) is 184 Å². The predicted octanol–water partition coefficient (Wildman–Crippen LogP) is 15.5. The van der Waals surface area contributed by atoms with Crippen molar-refractivity contribution in [1.29, 1.82) is 0 Å². The van der Waals surface area contributed by atoms with Gasteiger partial charge in [0.15, 0.2) is 0 Å². The van der Waals surface area contributed by atoms with Crippen molar-refractivity contribution in [3.63, 3.8) is 0 Å². The van der Waals surface area contributed by atoms with Crippen LogP contribution in [0.2, 0.25) is 6.32 Å². The molecule has 0 fully saturated rings. The number of fused-ring (bicyclic) bond motifs is 4. The zero-order valence-electron chi connectivity index (χ0n) is 46.8. The first-order valence-corrected chi connectivity index (χ1v) is 25.2. The minimum atomic E-state index is -0.438. The average Bonchev–Trinajstić information content (AvgIpc) is 3.98. The van der Waals surface area contributed by atoms with E-state index in [0.29, 0.717) is 34.4 Å². The second-order valence-electron chi connectivity index (χ2n) is 21.8. The molecular formula is C61H61BN6OPt-2. The number of pyridine rings is 1. The van der Waals surface area contributed by atoms with Crippen molar-refractivity contribution in [2.45, 2.75) is 98.7 Å². The van der Waals surface area contributed by atoms with Crippen LogP contribution in [-0.4, -0.2) is 30.8 Å². The van der Waals surface area contributed by atoms with Gasteiger partial charge in [-0.1, -0.05) is 34.6 Å². The summed E-state index contributed by atoms with van der Waals surface area (Å²) in [4.78, 5) is 7.22. The Kier molecular flexibility index (Phi) is 10.6. The first-order valence-electron chi connectivity index (χ1n) is 26.5. The Bertz CT molecular complexity index is 3720. The standard InChI is InChI=1S/C61H61BN6O.Pt/c1-41(2)39-62-67(57-36-44(29-31-63-57)59(3,4)5)56-38-49(27-28-52(56)53-30-32-64-68(53)62)69-48-22-17-21-47(37-48)65-40-66(55-26-16-15-25-54(55)65)58-50(42-19-13-12-14-20-42)23-18-24-51(58)43-33-45(60(6,7)8)35-46(34-43)61(9,10)11;/h12-36,41H,39H2,1-11H3;/q-2;/i12D,13D,14D,19D,20D;. The zero-order chi connectivity index (χ0) is 53.6. The van der Waals surface area contributed by atoms with Crippen LogP contribution in [0.4, 0.5) is 11.5 Å². The summed E-state index contributed by atoms with van der Waals surface area (Å²) in [5.41, 5.74) is 11.4. The minimum absolute atomic E-state index is 0.0946. The molecule has 0 atom stereocenters. The fraction of sp³-hybridized carbons (Fsp3) is 0.262. The van der Waals surface area contributed by atoms with Crippen molar-refractivity contribution < 1.29 is 30.9 Å². The number of imidazole rings is 1. The van der Waals surface area contributed by atoms with Crippen LogP contribution in [0, 0.1) is 21.9 Å². The Morgan fingerprint density at radius 1 is 0.643 bits per heavy atom. The molecule has 0 saturated carbocycles. The number of nitrogens with zero attached hydrogens (tertiary/aromatic N) is 6. The number of aromatic nitrogens is 5. The van der Waals surface area contributed by atoms with Crippen molar-refractivity contribution >= 4 is 29.5 Å². The molecule has 3 aromatic heterocycles. The van der Waals surface area contributed by atoms with Gasteiger partial charge in [-0.15, -0.1) is 0 Å². The molecule has 1 aliphatic heterocycles. The first-order chi connectivity index (χ1) is 35.4. The van der Waals surface area contributed by atoms with Crippen molar-refractivity contribution in [2.24, 2.45) is 5.92 Å². The van der Waals surface area contributed by atoms with Gasteiger partial charge in [0, 0.05) is 12.4 Å². The molecule has 0 N–H and O–H groups in total. The number of rotatable bonds is 9. The van der Waals surface area contributed by atoms with Crippen LogP contribution >= 0.6 is 0 Å². The number of para-hydroxylation sites is 3. The van der Waals surface area contributed by atoms with Crippen LogP contribution in [0.3, 0.4) is 0 Å². The molecule has 0 amide bonds. The Balaban J connectivity index is 1.15. The van der Waals surface area contributed by atoms with Gasteiger partial charge in [0.1, 0.15) is 0 Å². The van der Waals surface area contributed by atoms with Gasteiger partial charge in [-0.2, -0.15) is 5.10 Å². The van der Waals surface area contributed by atoms with E-state index in [2.05, 4.69) is 187 Å². The Morgan fingerprint density at radius 2 is 1.29 bits per heavy atom. The SMILES string of the molecule is [2H]c1c([2H])c([2H])c(-c2cccc(-c3cc(C(C)(C)C)cc(C(C)(C)C)c3)c2-n2[c](=[Pt])n(-c3[c-]c(Oc4[c-]c5c(cc4)-c4ccnn4B(CC(C)C)N5c4cc(C(C)(C)C)ccn4)ccc3)c3ccccc32)c([2H])c1[2H]. The Labute approximate surface area is 432 Å². The summed E-state index contributed by atoms with van der Waals surface area (Å²) in [5, 5.41) is 4.85. The summed E-state index contributed by atoms with van der Waals surface area (Å²) >= 11 is 2.35.